The molecule has 6 nitrogen and oxygen atoms in total. The second-order valence-corrected chi connectivity index (χ2v) is 5.45. The van der Waals surface area contributed by atoms with Crippen LogP contribution >= 0.6 is 11.6 Å². The standard InChI is InChI=1S/C14H18ClN3O3/c1-9(19)21-11-4-2-10(3-5-11)14(20)18-8-12-13(15)17-7-6-16-12/h6-7,10-11H,2-5,8H2,1H3,(H,18,20)/t10-,11+. The second-order valence-electron chi connectivity index (χ2n) is 5.09. The maximum absolute atomic E-state index is 12.1. The summed E-state index contributed by atoms with van der Waals surface area (Å²) < 4.78 is 5.16. The van der Waals surface area contributed by atoms with Gasteiger partial charge in [-0.3, -0.25) is 14.6 Å². The number of aromatic nitrogens is 2. The van der Waals surface area contributed by atoms with Gasteiger partial charge in [-0.2, -0.15) is 0 Å². The minimum Gasteiger partial charge on any atom is -0.463 e. The molecule has 0 radical (unpaired) electrons. The molecule has 0 saturated heterocycles. The Kier molecular flexibility index (Phi) is 5.50. The van der Waals surface area contributed by atoms with Crippen LogP contribution in [0.1, 0.15) is 38.3 Å². The summed E-state index contributed by atoms with van der Waals surface area (Å²) in [5, 5.41) is 3.13. The van der Waals surface area contributed by atoms with Crippen LogP contribution in [-0.4, -0.2) is 27.9 Å². The average molecular weight is 312 g/mol. The molecule has 0 spiro atoms. The van der Waals surface area contributed by atoms with Crippen molar-refractivity contribution >= 4 is 23.5 Å². The van der Waals surface area contributed by atoms with Crippen molar-refractivity contribution in [1.29, 1.82) is 0 Å². The number of nitrogens with zero attached hydrogens (tertiary/aromatic N) is 2. The van der Waals surface area contributed by atoms with E-state index < -0.39 is 0 Å². The summed E-state index contributed by atoms with van der Waals surface area (Å²) in [6, 6.07) is 0. The third-order valence-corrected chi connectivity index (χ3v) is 3.85. The molecular weight excluding hydrogens is 294 g/mol. The van der Waals surface area contributed by atoms with Crippen molar-refractivity contribution < 1.29 is 14.3 Å². The monoisotopic (exact) mass is 311 g/mol. The fraction of sp³-hybridized carbons (Fsp3) is 0.571. The number of carbonyl (C=O) groups is 2. The van der Waals surface area contributed by atoms with Gasteiger partial charge in [0.05, 0.1) is 12.2 Å². The lowest BCUT2D eigenvalue weighted by Crippen LogP contribution is -2.35. The Balaban J connectivity index is 1.77. The fourth-order valence-corrected chi connectivity index (χ4v) is 2.63. The van der Waals surface area contributed by atoms with E-state index in [1.807, 2.05) is 0 Å². The molecule has 0 atom stereocenters. The molecule has 7 heteroatoms. The minimum absolute atomic E-state index is 0.0157. The first-order chi connectivity index (χ1) is 10.1. The summed E-state index contributed by atoms with van der Waals surface area (Å²) in [5.74, 6) is -0.328. The van der Waals surface area contributed by atoms with Crippen molar-refractivity contribution in [2.24, 2.45) is 5.92 Å². The van der Waals surface area contributed by atoms with E-state index in [0.717, 1.165) is 25.7 Å². The SMILES string of the molecule is CC(=O)O[C@H]1CC[C@@H](C(=O)NCc2nccnc2Cl)CC1. The zero-order valence-electron chi connectivity index (χ0n) is 11.8. The number of hydrogen-bond donors (Lipinski definition) is 1. The number of nitrogens with one attached hydrogen (secondary N) is 1. The van der Waals surface area contributed by atoms with Crippen LogP contribution in [0.4, 0.5) is 0 Å². The zero-order valence-corrected chi connectivity index (χ0v) is 12.6. The van der Waals surface area contributed by atoms with Crippen molar-refractivity contribution in [2.45, 2.75) is 45.3 Å². The largest absolute Gasteiger partial charge is 0.463 e. The van der Waals surface area contributed by atoms with Crippen LogP contribution in [0.15, 0.2) is 12.4 Å². The highest BCUT2D eigenvalue weighted by molar-refractivity contribution is 6.29. The molecule has 1 aliphatic carbocycles. The van der Waals surface area contributed by atoms with E-state index in [-0.39, 0.29) is 30.4 Å². The normalized spacial score (nSPS) is 21.6. The average Bonchev–Trinajstić information content (AvgIpc) is 2.46. The summed E-state index contributed by atoms with van der Waals surface area (Å²) >= 11 is 5.89. The molecule has 21 heavy (non-hydrogen) atoms. The Morgan fingerprint density at radius 1 is 1.29 bits per heavy atom. The highest BCUT2D eigenvalue weighted by Crippen LogP contribution is 2.26. The number of carbonyl (C=O) groups excluding carboxylic acids is 2. The van der Waals surface area contributed by atoms with Crippen molar-refractivity contribution in [2.75, 3.05) is 0 Å². The lowest BCUT2D eigenvalue weighted by molar-refractivity contribution is -0.148. The van der Waals surface area contributed by atoms with Crippen molar-refractivity contribution in [3.63, 3.8) is 0 Å². The van der Waals surface area contributed by atoms with Gasteiger partial charge in [0.15, 0.2) is 5.15 Å². The Morgan fingerprint density at radius 2 is 1.95 bits per heavy atom. The van der Waals surface area contributed by atoms with E-state index in [2.05, 4.69) is 15.3 Å². The van der Waals surface area contributed by atoms with Crippen molar-refractivity contribution in [3.8, 4) is 0 Å². The van der Waals surface area contributed by atoms with E-state index in [1.54, 1.807) is 0 Å². The van der Waals surface area contributed by atoms with Crippen LogP contribution in [0.5, 0.6) is 0 Å². The van der Waals surface area contributed by atoms with Gasteiger partial charge in [-0.15, -0.1) is 0 Å². The predicted molar refractivity (Wildman–Crippen MR) is 76.4 cm³/mol. The number of esters is 1. The molecule has 1 heterocycles. The third kappa shape index (κ3) is 4.67. The number of rotatable bonds is 4. The third-order valence-electron chi connectivity index (χ3n) is 3.53. The summed E-state index contributed by atoms with van der Waals surface area (Å²) in [6.07, 6.45) is 5.88. The molecule has 2 rings (SSSR count). The number of hydrogen-bond acceptors (Lipinski definition) is 5. The molecule has 1 N–H and O–H groups in total. The van der Waals surface area contributed by atoms with E-state index in [0.29, 0.717) is 10.8 Å². The van der Waals surface area contributed by atoms with Gasteiger partial charge in [0.25, 0.3) is 0 Å². The Bertz CT molecular complexity index is 516. The van der Waals surface area contributed by atoms with Gasteiger partial charge in [-0.05, 0) is 25.7 Å². The first-order valence-electron chi connectivity index (χ1n) is 6.96. The molecule has 1 amide bonds. The zero-order chi connectivity index (χ0) is 15.2. The smallest absolute Gasteiger partial charge is 0.302 e. The topological polar surface area (TPSA) is 81.2 Å². The Hall–Kier alpha value is -1.69. The maximum atomic E-state index is 12.1. The van der Waals surface area contributed by atoms with Crippen LogP contribution in [0.25, 0.3) is 0 Å². The van der Waals surface area contributed by atoms with E-state index in [9.17, 15) is 9.59 Å². The summed E-state index contributed by atoms with van der Waals surface area (Å²) in [6.45, 7) is 1.68. The molecule has 0 aromatic carbocycles. The van der Waals surface area contributed by atoms with Crippen LogP contribution in [0.3, 0.4) is 0 Å². The minimum atomic E-state index is -0.264. The lowest BCUT2D eigenvalue weighted by Gasteiger charge is -2.27. The van der Waals surface area contributed by atoms with Crippen molar-refractivity contribution in [1.82, 2.24) is 15.3 Å². The molecule has 1 aliphatic rings. The quantitative estimate of drug-likeness (QED) is 0.858. The summed E-state index contributed by atoms with van der Waals surface area (Å²) in [4.78, 5) is 31.0. The number of amides is 1. The van der Waals surface area contributed by atoms with Gasteiger partial charge < -0.3 is 10.1 Å². The highest BCUT2D eigenvalue weighted by Gasteiger charge is 2.27. The van der Waals surface area contributed by atoms with Gasteiger partial charge in [0.1, 0.15) is 6.10 Å². The van der Waals surface area contributed by atoms with Crippen LogP contribution < -0.4 is 5.32 Å². The maximum Gasteiger partial charge on any atom is 0.302 e. The first-order valence-corrected chi connectivity index (χ1v) is 7.34. The van der Waals surface area contributed by atoms with Crippen LogP contribution in [0, 0.1) is 5.92 Å². The van der Waals surface area contributed by atoms with Gasteiger partial charge in [-0.25, -0.2) is 4.98 Å². The lowest BCUT2D eigenvalue weighted by atomic mass is 9.87. The van der Waals surface area contributed by atoms with Gasteiger partial charge >= 0.3 is 5.97 Å². The predicted octanol–water partition coefficient (Wildman–Crippen LogP) is 1.87. The molecule has 1 saturated carbocycles. The van der Waals surface area contributed by atoms with Gasteiger partial charge in [0, 0.05) is 25.2 Å². The molecule has 1 fully saturated rings. The Morgan fingerprint density at radius 3 is 2.57 bits per heavy atom. The van der Waals surface area contributed by atoms with Gasteiger partial charge in [-0.1, -0.05) is 11.6 Å². The molecule has 114 valence electrons. The summed E-state index contributed by atoms with van der Waals surface area (Å²) in [5.41, 5.74) is 0.557. The van der Waals surface area contributed by atoms with Crippen LogP contribution in [-0.2, 0) is 20.9 Å². The second kappa shape index (κ2) is 7.36. The molecule has 0 aliphatic heterocycles. The Labute approximate surface area is 128 Å². The highest BCUT2D eigenvalue weighted by atomic mass is 35.5. The van der Waals surface area contributed by atoms with E-state index in [4.69, 9.17) is 16.3 Å². The number of ether oxygens (including phenoxy) is 1. The summed E-state index contributed by atoms with van der Waals surface area (Å²) in [7, 11) is 0. The van der Waals surface area contributed by atoms with Crippen molar-refractivity contribution in [3.05, 3.63) is 23.2 Å². The molecular formula is C14H18ClN3O3. The van der Waals surface area contributed by atoms with E-state index >= 15 is 0 Å². The van der Waals surface area contributed by atoms with Gasteiger partial charge in [0.2, 0.25) is 5.91 Å². The first kappa shape index (κ1) is 15.7. The number of halogens is 1. The van der Waals surface area contributed by atoms with Crippen LogP contribution in [0.2, 0.25) is 5.15 Å². The molecule has 1 aromatic rings. The fourth-order valence-electron chi connectivity index (χ4n) is 2.46. The molecule has 1 aromatic heterocycles. The molecule has 0 unspecified atom stereocenters. The molecule has 0 bridgehead atoms. The van der Waals surface area contributed by atoms with E-state index in [1.165, 1.54) is 19.3 Å².